The van der Waals surface area contributed by atoms with Crippen LogP contribution in [0.1, 0.15) is 41.7 Å². The number of carbonyl (C=O) groups excluding carboxylic acids is 1. The molecule has 2 aliphatic carbocycles. The number of aromatic nitrogens is 1. The summed E-state index contributed by atoms with van der Waals surface area (Å²) in [6.07, 6.45) is 4.05. The molecule has 0 bridgehead atoms. The van der Waals surface area contributed by atoms with E-state index >= 15 is 0 Å². The Hall–Kier alpha value is -2.47. The molecular formula is C21H25N3O3. The Balaban J connectivity index is 1.34. The number of aryl methyl sites for hydroxylation is 1. The first-order chi connectivity index (χ1) is 13.0. The lowest BCUT2D eigenvalue weighted by molar-refractivity contribution is -0.139. The summed E-state index contributed by atoms with van der Waals surface area (Å²) < 4.78 is 0. The number of nitrogens with one attached hydrogen (secondary N) is 1. The van der Waals surface area contributed by atoms with Crippen LogP contribution in [-0.2, 0) is 4.79 Å². The minimum Gasteiger partial charge on any atom is -0.480 e. The molecule has 1 heterocycles. The summed E-state index contributed by atoms with van der Waals surface area (Å²) >= 11 is 0. The lowest BCUT2D eigenvalue weighted by Gasteiger charge is -2.42. The van der Waals surface area contributed by atoms with Crippen molar-refractivity contribution in [2.45, 2.75) is 44.7 Å². The van der Waals surface area contributed by atoms with E-state index in [0.29, 0.717) is 11.5 Å². The number of benzene rings is 1. The number of hydrogen-bond donors (Lipinski definition) is 2. The minimum atomic E-state index is -0.775. The molecule has 2 aliphatic rings. The van der Waals surface area contributed by atoms with Crippen LogP contribution in [0, 0.1) is 12.8 Å². The average Bonchev–Trinajstić information content (AvgIpc) is 3.40. The van der Waals surface area contributed by atoms with Crippen LogP contribution in [0.5, 0.6) is 0 Å². The molecule has 2 fully saturated rings. The Morgan fingerprint density at radius 3 is 2.70 bits per heavy atom. The van der Waals surface area contributed by atoms with Crippen LogP contribution < -0.4 is 5.32 Å². The number of carboxylic acid groups (broad SMARTS) is 1. The number of carboxylic acids is 1. The monoisotopic (exact) mass is 367 g/mol. The molecule has 0 radical (unpaired) electrons. The van der Waals surface area contributed by atoms with Gasteiger partial charge in [0.15, 0.2) is 0 Å². The van der Waals surface area contributed by atoms with Crippen LogP contribution in [0.2, 0.25) is 0 Å². The number of fused-ring (bicyclic) bond motifs is 1. The lowest BCUT2D eigenvalue weighted by atomic mass is 9.85. The van der Waals surface area contributed by atoms with Crippen molar-refractivity contribution >= 4 is 22.8 Å². The quantitative estimate of drug-likeness (QED) is 0.786. The zero-order chi connectivity index (χ0) is 19.0. The van der Waals surface area contributed by atoms with E-state index in [1.54, 1.807) is 0 Å². The Labute approximate surface area is 158 Å². The highest BCUT2D eigenvalue weighted by Crippen LogP contribution is 2.33. The van der Waals surface area contributed by atoms with Gasteiger partial charge in [0.05, 0.1) is 12.1 Å². The van der Waals surface area contributed by atoms with E-state index in [-0.39, 0.29) is 24.5 Å². The maximum Gasteiger partial charge on any atom is 0.317 e. The van der Waals surface area contributed by atoms with Crippen molar-refractivity contribution in [1.29, 1.82) is 0 Å². The van der Waals surface area contributed by atoms with E-state index in [4.69, 9.17) is 5.11 Å². The summed E-state index contributed by atoms with van der Waals surface area (Å²) in [5.41, 5.74) is 2.48. The highest BCUT2D eigenvalue weighted by molar-refractivity contribution is 5.98. The zero-order valence-electron chi connectivity index (χ0n) is 15.5. The highest BCUT2D eigenvalue weighted by Gasteiger charge is 2.37. The molecule has 1 amide bonds. The van der Waals surface area contributed by atoms with Crippen LogP contribution in [0.25, 0.3) is 10.9 Å². The van der Waals surface area contributed by atoms with Crippen molar-refractivity contribution in [1.82, 2.24) is 15.2 Å². The Bertz CT molecular complexity index is 872. The average molecular weight is 367 g/mol. The molecule has 0 unspecified atom stereocenters. The van der Waals surface area contributed by atoms with Crippen LogP contribution in [0.4, 0.5) is 0 Å². The van der Waals surface area contributed by atoms with Crippen LogP contribution >= 0.6 is 0 Å². The summed E-state index contributed by atoms with van der Waals surface area (Å²) in [5.74, 6) is -0.191. The third-order valence-electron chi connectivity index (χ3n) is 5.58. The summed E-state index contributed by atoms with van der Waals surface area (Å²) in [5, 5.41) is 13.2. The molecule has 4 rings (SSSR count). The molecule has 0 atom stereocenters. The van der Waals surface area contributed by atoms with E-state index in [0.717, 1.165) is 36.0 Å². The molecule has 142 valence electrons. The fraction of sp³-hybridized carbons (Fsp3) is 0.476. The van der Waals surface area contributed by atoms with Gasteiger partial charge in [-0.2, -0.15) is 0 Å². The number of aliphatic carboxylic acids is 1. The van der Waals surface area contributed by atoms with Crippen molar-refractivity contribution in [2.24, 2.45) is 5.92 Å². The zero-order valence-corrected chi connectivity index (χ0v) is 15.5. The van der Waals surface area contributed by atoms with Gasteiger partial charge in [-0.1, -0.05) is 6.07 Å². The predicted octanol–water partition coefficient (Wildman–Crippen LogP) is 2.60. The first-order valence-electron chi connectivity index (χ1n) is 9.62. The normalized spacial score (nSPS) is 21.9. The van der Waals surface area contributed by atoms with Gasteiger partial charge in [0.1, 0.15) is 0 Å². The largest absolute Gasteiger partial charge is 0.480 e. The third kappa shape index (κ3) is 4.27. The lowest BCUT2D eigenvalue weighted by Crippen LogP contribution is -2.55. The van der Waals surface area contributed by atoms with Crippen LogP contribution in [-0.4, -0.2) is 52.0 Å². The molecule has 1 aromatic heterocycles. The van der Waals surface area contributed by atoms with Gasteiger partial charge in [0.25, 0.3) is 5.91 Å². The second-order valence-electron chi connectivity index (χ2n) is 7.92. The molecule has 0 aliphatic heterocycles. The van der Waals surface area contributed by atoms with Gasteiger partial charge in [0, 0.05) is 35.3 Å². The first kappa shape index (κ1) is 17.9. The maximum absolute atomic E-state index is 12.6. The summed E-state index contributed by atoms with van der Waals surface area (Å²) in [7, 11) is 0. The van der Waals surface area contributed by atoms with E-state index in [2.05, 4.69) is 15.2 Å². The number of nitrogens with zero attached hydrogens (tertiary/aromatic N) is 2. The molecule has 2 aromatic rings. The van der Waals surface area contributed by atoms with E-state index in [1.165, 1.54) is 12.8 Å². The van der Waals surface area contributed by atoms with Gasteiger partial charge >= 0.3 is 5.97 Å². The number of hydrogen-bond acceptors (Lipinski definition) is 4. The van der Waals surface area contributed by atoms with Gasteiger partial charge in [-0.3, -0.25) is 19.5 Å². The molecule has 2 saturated carbocycles. The minimum absolute atomic E-state index is 0.0760. The Kier molecular flexibility index (Phi) is 4.83. The first-order valence-corrected chi connectivity index (χ1v) is 9.62. The number of carbonyl (C=O) groups is 2. The van der Waals surface area contributed by atoms with Gasteiger partial charge in [-0.05, 0) is 62.8 Å². The number of pyridine rings is 1. The smallest absolute Gasteiger partial charge is 0.317 e. The summed E-state index contributed by atoms with van der Waals surface area (Å²) in [6, 6.07) is 9.86. The van der Waals surface area contributed by atoms with Crippen molar-refractivity contribution < 1.29 is 14.7 Å². The SMILES string of the molecule is Cc1ccc2cc(C(=O)NC3CC(N(CC(=O)O)CC4CC4)C3)ccc2n1. The van der Waals surface area contributed by atoms with E-state index in [9.17, 15) is 9.59 Å². The Morgan fingerprint density at radius 2 is 2.00 bits per heavy atom. The molecule has 2 N–H and O–H groups in total. The maximum atomic E-state index is 12.6. The second kappa shape index (κ2) is 7.27. The molecular weight excluding hydrogens is 342 g/mol. The van der Waals surface area contributed by atoms with Crippen LogP contribution in [0.3, 0.4) is 0 Å². The molecule has 6 heteroatoms. The van der Waals surface area contributed by atoms with Gasteiger partial charge in [-0.15, -0.1) is 0 Å². The van der Waals surface area contributed by atoms with Gasteiger partial charge in [-0.25, -0.2) is 0 Å². The Morgan fingerprint density at radius 1 is 1.22 bits per heavy atom. The van der Waals surface area contributed by atoms with Crippen molar-refractivity contribution in [3.8, 4) is 0 Å². The fourth-order valence-electron chi connectivity index (χ4n) is 3.79. The molecule has 1 aromatic carbocycles. The summed E-state index contributed by atoms with van der Waals surface area (Å²) in [4.78, 5) is 30.2. The topological polar surface area (TPSA) is 82.5 Å². The summed E-state index contributed by atoms with van der Waals surface area (Å²) in [6.45, 7) is 2.91. The van der Waals surface area contributed by atoms with E-state index < -0.39 is 5.97 Å². The van der Waals surface area contributed by atoms with Crippen molar-refractivity contribution in [3.05, 3.63) is 41.6 Å². The van der Waals surface area contributed by atoms with Gasteiger partial charge in [0.2, 0.25) is 0 Å². The van der Waals surface area contributed by atoms with E-state index in [1.807, 2.05) is 37.3 Å². The molecule has 0 spiro atoms. The third-order valence-corrected chi connectivity index (χ3v) is 5.58. The van der Waals surface area contributed by atoms with Crippen LogP contribution in [0.15, 0.2) is 30.3 Å². The van der Waals surface area contributed by atoms with Crippen molar-refractivity contribution in [3.63, 3.8) is 0 Å². The van der Waals surface area contributed by atoms with Crippen molar-refractivity contribution in [2.75, 3.05) is 13.1 Å². The second-order valence-corrected chi connectivity index (χ2v) is 7.92. The fourth-order valence-corrected chi connectivity index (χ4v) is 3.79. The predicted molar refractivity (Wildman–Crippen MR) is 103 cm³/mol. The number of amides is 1. The molecule has 0 saturated heterocycles. The number of rotatable bonds is 7. The molecule has 6 nitrogen and oxygen atoms in total. The highest BCUT2D eigenvalue weighted by atomic mass is 16.4. The van der Waals surface area contributed by atoms with Gasteiger partial charge < -0.3 is 10.4 Å². The standard InChI is InChI=1S/C21H25N3O3/c1-13-2-5-15-8-16(6-7-19(15)22-13)21(27)23-17-9-18(10-17)24(12-20(25)26)11-14-3-4-14/h2,5-8,14,17-18H,3-4,9-12H2,1H3,(H,23,27)(H,25,26). The molecule has 27 heavy (non-hydrogen) atoms.